The van der Waals surface area contributed by atoms with E-state index in [-0.39, 0.29) is 4.90 Å². The lowest BCUT2D eigenvalue weighted by molar-refractivity contribution is 0.449. The molecule has 0 aliphatic heterocycles. The number of benzene rings is 1. The van der Waals surface area contributed by atoms with Crippen molar-refractivity contribution in [3.63, 3.8) is 0 Å². The number of alkyl halides is 1. The summed E-state index contributed by atoms with van der Waals surface area (Å²) in [6, 6.07) is 2.47. The van der Waals surface area contributed by atoms with Crippen LogP contribution in [0.3, 0.4) is 0 Å². The molecule has 0 aromatic heterocycles. The molecule has 0 aliphatic rings. The first-order valence-electron chi connectivity index (χ1n) is 6.02. The Morgan fingerprint density at radius 1 is 1.32 bits per heavy atom. The van der Waals surface area contributed by atoms with Gasteiger partial charge in [0.15, 0.2) is 0 Å². The van der Waals surface area contributed by atoms with Crippen molar-refractivity contribution in [1.29, 1.82) is 0 Å². The van der Waals surface area contributed by atoms with Gasteiger partial charge in [-0.3, -0.25) is 0 Å². The van der Waals surface area contributed by atoms with E-state index in [9.17, 15) is 12.8 Å². The summed E-state index contributed by atoms with van der Waals surface area (Å²) >= 11 is 3.32. The zero-order valence-corrected chi connectivity index (χ0v) is 14.0. The third-order valence-electron chi connectivity index (χ3n) is 3.15. The smallest absolute Gasteiger partial charge is 0.207 e. The maximum absolute atomic E-state index is 13.2. The van der Waals surface area contributed by atoms with Crippen LogP contribution in [0.15, 0.2) is 17.0 Å². The quantitative estimate of drug-likeness (QED) is 0.827. The highest BCUT2D eigenvalue weighted by atomic mass is 79.9. The molecule has 0 aliphatic carbocycles. The monoisotopic (exact) mass is 351 g/mol. The zero-order valence-electron chi connectivity index (χ0n) is 11.5. The molecule has 0 saturated carbocycles. The van der Waals surface area contributed by atoms with Gasteiger partial charge in [0.05, 0.1) is 4.90 Å². The fourth-order valence-corrected chi connectivity index (χ4v) is 4.55. The van der Waals surface area contributed by atoms with Gasteiger partial charge in [0.1, 0.15) is 5.82 Å². The first-order chi connectivity index (χ1) is 8.65. The molecule has 0 bridgehead atoms. The van der Waals surface area contributed by atoms with Crippen LogP contribution in [0.4, 0.5) is 4.39 Å². The number of rotatable bonds is 5. The molecule has 0 saturated heterocycles. The summed E-state index contributed by atoms with van der Waals surface area (Å²) < 4.78 is 40.9. The minimum atomic E-state index is -3.67. The van der Waals surface area contributed by atoms with Crippen molar-refractivity contribution in [2.24, 2.45) is 0 Å². The van der Waals surface area contributed by atoms with E-state index in [0.717, 1.165) is 0 Å². The lowest BCUT2D eigenvalue weighted by Crippen LogP contribution is -2.47. The van der Waals surface area contributed by atoms with Crippen LogP contribution in [0.25, 0.3) is 0 Å². The normalized spacial score (nSPS) is 15.3. The van der Waals surface area contributed by atoms with E-state index in [0.29, 0.717) is 22.9 Å². The maximum Gasteiger partial charge on any atom is 0.241 e. The molecule has 108 valence electrons. The Hall–Kier alpha value is -0.460. The van der Waals surface area contributed by atoms with Gasteiger partial charge in [-0.05, 0) is 50.5 Å². The van der Waals surface area contributed by atoms with Gasteiger partial charge < -0.3 is 0 Å². The summed E-state index contributed by atoms with van der Waals surface area (Å²) in [6.45, 7) is 6.94. The average Bonchev–Trinajstić information content (AvgIpc) is 2.26. The molecule has 1 N–H and O–H groups in total. The summed E-state index contributed by atoms with van der Waals surface area (Å²) in [5.74, 6) is -0.423. The summed E-state index contributed by atoms with van der Waals surface area (Å²) in [5.41, 5.74) is 0.266. The Labute approximate surface area is 122 Å². The topological polar surface area (TPSA) is 46.2 Å². The molecule has 3 nitrogen and oxygen atoms in total. The number of hydrogen-bond donors (Lipinski definition) is 1. The Balaban J connectivity index is 3.29. The number of halogens is 2. The molecule has 1 aromatic rings. The molecule has 1 unspecified atom stereocenters. The van der Waals surface area contributed by atoms with Gasteiger partial charge in [0.2, 0.25) is 10.0 Å². The SMILES string of the molecule is CCC(C)(CBr)NS(=O)(=O)c1c(C)cc(F)cc1C. The molecule has 0 spiro atoms. The third-order valence-corrected chi connectivity index (χ3v) is 6.33. The summed E-state index contributed by atoms with van der Waals surface area (Å²) in [6.07, 6.45) is 0.650. The van der Waals surface area contributed by atoms with Crippen molar-refractivity contribution in [3.8, 4) is 0 Å². The van der Waals surface area contributed by atoms with Gasteiger partial charge in [0.25, 0.3) is 0 Å². The molecule has 1 aromatic carbocycles. The third kappa shape index (κ3) is 3.77. The number of nitrogens with one attached hydrogen (secondary N) is 1. The molecule has 0 heterocycles. The summed E-state index contributed by atoms with van der Waals surface area (Å²) in [5, 5.41) is 0.509. The van der Waals surface area contributed by atoms with Gasteiger partial charge in [-0.1, -0.05) is 22.9 Å². The molecule has 1 atom stereocenters. The first kappa shape index (κ1) is 16.6. The van der Waals surface area contributed by atoms with E-state index in [1.54, 1.807) is 13.8 Å². The minimum absolute atomic E-state index is 0.162. The predicted octanol–water partition coefficient (Wildman–Crippen LogP) is 3.28. The molecular weight excluding hydrogens is 333 g/mol. The number of aryl methyl sites for hydroxylation is 2. The van der Waals surface area contributed by atoms with E-state index < -0.39 is 21.4 Å². The Bertz CT molecular complexity index is 545. The molecule has 0 radical (unpaired) electrons. The standard InChI is InChI=1S/C13H19BrFNO2S/c1-5-13(4,8-14)16-19(17,18)12-9(2)6-11(15)7-10(12)3/h6-7,16H,5,8H2,1-4H3. The zero-order chi connectivity index (χ0) is 14.8. The van der Waals surface area contributed by atoms with Crippen LogP contribution in [0.2, 0.25) is 0 Å². The number of sulfonamides is 1. The molecular formula is C13H19BrFNO2S. The van der Waals surface area contributed by atoms with Crippen LogP contribution in [-0.2, 0) is 10.0 Å². The highest BCUT2D eigenvalue weighted by molar-refractivity contribution is 9.09. The van der Waals surface area contributed by atoms with E-state index in [1.165, 1.54) is 12.1 Å². The molecule has 0 amide bonds. The van der Waals surface area contributed by atoms with Gasteiger partial charge >= 0.3 is 0 Å². The van der Waals surface area contributed by atoms with Crippen LogP contribution >= 0.6 is 15.9 Å². The van der Waals surface area contributed by atoms with Crippen molar-refractivity contribution in [2.45, 2.75) is 44.6 Å². The van der Waals surface area contributed by atoms with Gasteiger partial charge in [-0.25, -0.2) is 17.5 Å². The van der Waals surface area contributed by atoms with E-state index in [2.05, 4.69) is 20.7 Å². The number of hydrogen-bond acceptors (Lipinski definition) is 2. The highest BCUT2D eigenvalue weighted by Gasteiger charge is 2.30. The van der Waals surface area contributed by atoms with E-state index in [1.807, 2.05) is 13.8 Å². The molecule has 1 rings (SSSR count). The fourth-order valence-electron chi connectivity index (χ4n) is 1.89. The van der Waals surface area contributed by atoms with Gasteiger partial charge in [-0.2, -0.15) is 0 Å². The van der Waals surface area contributed by atoms with Crippen molar-refractivity contribution in [2.75, 3.05) is 5.33 Å². The molecule has 0 fully saturated rings. The molecule has 6 heteroatoms. The lowest BCUT2D eigenvalue weighted by atomic mass is 10.0. The van der Waals surface area contributed by atoms with Crippen molar-refractivity contribution in [1.82, 2.24) is 4.72 Å². The largest absolute Gasteiger partial charge is 0.241 e. The van der Waals surface area contributed by atoms with Crippen LogP contribution in [0, 0.1) is 19.7 Å². The molecule has 19 heavy (non-hydrogen) atoms. The Kier molecular flexibility index (Phi) is 5.15. The Morgan fingerprint density at radius 3 is 2.16 bits per heavy atom. The fraction of sp³-hybridized carbons (Fsp3) is 0.538. The van der Waals surface area contributed by atoms with Crippen molar-refractivity contribution < 1.29 is 12.8 Å². The minimum Gasteiger partial charge on any atom is -0.207 e. The van der Waals surface area contributed by atoms with Crippen LogP contribution in [-0.4, -0.2) is 19.3 Å². The summed E-state index contributed by atoms with van der Waals surface area (Å²) in [4.78, 5) is 0.162. The predicted molar refractivity (Wildman–Crippen MR) is 78.7 cm³/mol. The van der Waals surface area contributed by atoms with E-state index in [4.69, 9.17) is 0 Å². The van der Waals surface area contributed by atoms with Crippen LogP contribution in [0.1, 0.15) is 31.4 Å². The van der Waals surface area contributed by atoms with Crippen molar-refractivity contribution >= 4 is 26.0 Å². The second-order valence-electron chi connectivity index (χ2n) is 5.02. The second-order valence-corrected chi connectivity index (χ2v) is 7.20. The Morgan fingerprint density at radius 2 is 1.79 bits per heavy atom. The average molecular weight is 352 g/mol. The summed E-state index contributed by atoms with van der Waals surface area (Å²) in [7, 11) is -3.67. The highest BCUT2D eigenvalue weighted by Crippen LogP contribution is 2.24. The maximum atomic E-state index is 13.2. The lowest BCUT2D eigenvalue weighted by Gasteiger charge is -2.27. The second kappa shape index (κ2) is 5.89. The van der Waals surface area contributed by atoms with Crippen LogP contribution in [0.5, 0.6) is 0 Å². The van der Waals surface area contributed by atoms with Gasteiger partial charge in [0, 0.05) is 10.9 Å². The first-order valence-corrected chi connectivity index (χ1v) is 8.62. The van der Waals surface area contributed by atoms with E-state index >= 15 is 0 Å². The van der Waals surface area contributed by atoms with Gasteiger partial charge in [-0.15, -0.1) is 0 Å². The van der Waals surface area contributed by atoms with Crippen LogP contribution < -0.4 is 4.72 Å². The van der Waals surface area contributed by atoms with Crippen molar-refractivity contribution in [3.05, 3.63) is 29.1 Å².